The van der Waals surface area contributed by atoms with Gasteiger partial charge in [-0.1, -0.05) is 0 Å². The fourth-order valence-electron chi connectivity index (χ4n) is 2.76. The molecule has 0 unspecified atom stereocenters. The smallest absolute Gasteiger partial charge is 0.293 e. The van der Waals surface area contributed by atoms with Crippen molar-refractivity contribution < 1.29 is 4.92 Å². The summed E-state index contributed by atoms with van der Waals surface area (Å²) in [7, 11) is 0. The van der Waals surface area contributed by atoms with Crippen molar-refractivity contribution in [2.45, 2.75) is 32.2 Å². The lowest BCUT2D eigenvalue weighted by atomic mass is 10.1. The molecule has 0 amide bonds. The molecule has 21 heavy (non-hydrogen) atoms. The average molecular weight is 306 g/mol. The molecule has 112 valence electrons. The molecular formula is C14H18N4O2S. The predicted octanol–water partition coefficient (Wildman–Crippen LogP) is 3.07. The van der Waals surface area contributed by atoms with E-state index < -0.39 is 0 Å². The Morgan fingerprint density at radius 2 is 2.43 bits per heavy atom. The number of fused-ring (bicyclic) bond motifs is 1. The molecule has 1 aliphatic rings. The Hall–Kier alpha value is -1.73. The normalized spacial score (nSPS) is 18.2. The van der Waals surface area contributed by atoms with Gasteiger partial charge in [0.1, 0.15) is 5.69 Å². The predicted molar refractivity (Wildman–Crippen MR) is 85.1 cm³/mol. The van der Waals surface area contributed by atoms with Crippen molar-refractivity contribution in [1.82, 2.24) is 10.3 Å². The van der Waals surface area contributed by atoms with Gasteiger partial charge in [0.2, 0.25) is 0 Å². The van der Waals surface area contributed by atoms with E-state index in [1.807, 2.05) is 6.92 Å². The number of benzene rings is 1. The van der Waals surface area contributed by atoms with Gasteiger partial charge in [-0.25, -0.2) is 4.98 Å². The fraction of sp³-hybridized carbons (Fsp3) is 0.500. The van der Waals surface area contributed by atoms with Gasteiger partial charge in [-0.3, -0.25) is 10.1 Å². The van der Waals surface area contributed by atoms with Crippen LogP contribution in [0.3, 0.4) is 0 Å². The van der Waals surface area contributed by atoms with E-state index in [2.05, 4.69) is 15.6 Å². The quantitative estimate of drug-likeness (QED) is 0.655. The second-order valence-corrected chi connectivity index (χ2v) is 6.57. The topological polar surface area (TPSA) is 80.1 Å². The van der Waals surface area contributed by atoms with Crippen molar-refractivity contribution in [2.75, 3.05) is 18.4 Å². The van der Waals surface area contributed by atoms with Gasteiger partial charge in [0.05, 0.1) is 20.1 Å². The van der Waals surface area contributed by atoms with Gasteiger partial charge in [-0.2, -0.15) is 0 Å². The summed E-state index contributed by atoms with van der Waals surface area (Å²) in [5.74, 6) is 0. The Labute approximate surface area is 126 Å². The fourth-order valence-corrected chi connectivity index (χ4v) is 3.60. The third kappa shape index (κ3) is 3.14. The van der Waals surface area contributed by atoms with Gasteiger partial charge in [0.25, 0.3) is 5.69 Å². The van der Waals surface area contributed by atoms with Crippen LogP contribution in [-0.2, 0) is 0 Å². The Morgan fingerprint density at radius 1 is 1.57 bits per heavy atom. The van der Waals surface area contributed by atoms with Crippen molar-refractivity contribution >= 4 is 32.9 Å². The molecule has 0 spiro atoms. The first kappa shape index (κ1) is 14.2. The van der Waals surface area contributed by atoms with Crippen LogP contribution in [0.15, 0.2) is 12.1 Å². The van der Waals surface area contributed by atoms with E-state index in [1.165, 1.54) is 24.2 Å². The van der Waals surface area contributed by atoms with Crippen molar-refractivity contribution in [1.29, 1.82) is 0 Å². The molecule has 3 rings (SSSR count). The lowest BCUT2D eigenvalue weighted by Crippen LogP contribution is -2.24. The van der Waals surface area contributed by atoms with Crippen LogP contribution in [0.5, 0.6) is 0 Å². The summed E-state index contributed by atoms with van der Waals surface area (Å²) in [4.78, 5) is 15.3. The zero-order valence-corrected chi connectivity index (χ0v) is 12.7. The number of nitrogens with one attached hydrogen (secondary N) is 2. The Balaban J connectivity index is 1.78. The van der Waals surface area contributed by atoms with Crippen LogP contribution in [0, 0.1) is 17.0 Å². The standard InChI is InChI=1S/C14H18N4O2S/c1-9-17-12-7-11(13(18(19)20)8-14(12)21-9)16-6-4-10-3-2-5-15-10/h7-8,10,15-16H,2-6H2,1H3/t10-/m0/s1. The zero-order valence-electron chi connectivity index (χ0n) is 11.9. The summed E-state index contributed by atoms with van der Waals surface area (Å²) in [5.41, 5.74) is 1.52. The minimum atomic E-state index is -0.329. The number of hydrogen-bond acceptors (Lipinski definition) is 6. The summed E-state index contributed by atoms with van der Waals surface area (Å²) in [6.07, 6.45) is 3.38. The van der Waals surface area contributed by atoms with Crippen molar-refractivity contribution in [3.05, 3.63) is 27.3 Å². The molecule has 1 aliphatic heterocycles. The summed E-state index contributed by atoms with van der Waals surface area (Å²) in [6.45, 7) is 3.72. The highest BCUT2D eigenvalue weighted by molar-refractivity contribution is 7.18. The highest BCUT2D eigenvalue weighted by Crippen LogP contribution is 2.33. The third-order valence-corrected chi connectivity index (χ3v) is 4.71. The van der Waals surface area contributed by atoms with Crippen molar-refractivity contribution in [2.24, 2.45) is 0 Å². The number of nitro benzene ring substituents is 1. The van der Waals surface area contributed by atoms with E-state index in [0.29, 0.717) is 11.7 Å². The first-order chi connectivity index (χ1) is 10.1. The molecule has 2 aromatic rings. The number of anilines is 1. The van der Waals surface area contributed by atoms with E-state index >= 15 is 0 Å². The molecule has 2 heterocycles. The van der Waals surface area contributed by atoms with Gasteiger partial charge < -0.3 is 10.6 Å². The number of hydrogen-bond donors (Lipinski definition) is 2. The van der Waals surface area contributed by atoms with Crippen LogP contribution in [0.1, 0.15) is 24.3 Å². The van der Waals surface area contributed by atoms with Crippen LogP contribution < -0.4 is 10.6 Å². The third-order valence-electron chi connectivity index (χ3n) is 3.78. The average Bonchev–Trinajstić information content (AvgIpc) is 3.05. The maximum absolute atomic E-state index is 11.2. The molecule has 0 bridgehead atoms. The number of nitrogens with zero attached hydrogens (tertiary/aromatic N) is 2. The summed E-state index contributed by atoms with van der Waals surface area (Å²) >= 11 is 1.48. The van der Waals surface area contributed by atoms with Crippen LogP contribution in [-0.4, -0.2) is 29.0 Å². The monoisotopic (exact) mass is 306 g/mol. The maximum Gasteiger partial charge on any atom is 0.293 e. The van der Waals surface area contributed by atoms with Gasteiger partial charge in [-0.15, -0.1) is 11.3 Å². The van der Waals surface area contributed by atoms with Gasteiger partial charge in [-0.05, 0) is 38.8 Å². The van der Waals surface area contributed by atoms with Gasteiger partial charge in [0.15, 0.2) is 0 Å². The molecule has 2 N–H and O–H groups in total. The van der Waals surface area contributed by atoms with E-state index in [-0.39, 0.29) is 10.6 Å². The van der Waals surface area contributed by atoms with Crippen LogP contribution in [0.2, 0.25) is 0 Å². The molecule has 0 aliphatic carbocycles. The van der Waals surface area contributed by atoms with E-state index in [0.717, 1.165) is 34.7 Å². The first-order valence-electron chi connectivity index (χ1n) is 7.16. The molecule has 1 fully saturated rings. The second-order valence-electron chi connectivity index (χ2n) is 5.34. The number of thiazole rings is 1. The minimum absolute atomic E-state index is 0.130. The Bertz CT molecular complexity index is 664. The highest BCUT2D eigenvalue weighted by atomic mass is 32.1. The Kier molecular flexibility index (Phi) is 4.03. The van der Waals surface area contributed by atoms with Crippen molar-refractivity contribution in [3.63, 3.8) is 0 Å². The molecule has 1 aromatic carbocycles. The van der Waals surface area contributed by atoms with Gasteiger partial charge >= 0.3 is 0 Å². The van der Waals surface area contributed by atoms with Crippen LogP contribution >= 0.6 is 11.3 Å². The van der Waals surface area contributed by atoms with Gasteiger partial charge in [0, 0.05) is 18.7 Å². The minimum Gasteiger partial charge on any atom is -0.379 e. The Morgan fingerprint density at radius 3 is 3.14 bits per heavy atom. The molecule has 7 heteroatoms. The maximum atomic E-state index is 11.2. The summed E-state index contributed by atoms with van der Waals surface area (Å²) in [5, 5.41) is 18.8. The molecule has 1 aromatic heterocycles. The lowest BCUT2D eigenvalue weighted by Gasteiger charge is -2.11. The van der Waals surface area contributed by atoms with E-state index in [9.17, 15) is 10.1 Å². The van der Waals surface area contributed by atoms with Crippen LogP contribution in [0.25, 0.3) is 10.2 Å². The summed E-state index contributed by atoms with van der Waals surface area (Å²) in [6, 6.07) is 3.94. The zero-order chi connectivity index (χ0) is 14.8. The number of aromatic nitrogens is 1. The number of nitro groups is 1. The highest BCUT2D eigenvalue weighted by Gasteiger charge is 2.18. The van der Waals surface area contributed by atoms with Crippen LogP contribution in [0.4, 0.5) is 11.4 Å². The SMILES string of the molecule is Cc1nc2cc(NCC[C@@H]3CCCN3)c([N+](=O)[O-])cc2s1. The largest absolute Gasteiger partial charge is 0.379 e. The molecule has 6 nitrogen and oxygen atoms in total. The number of rotatable bonds is 5. The number of aryl methyl sites for hydroxylation is 1. The molecule has 1 atom stereocenters. The molecule has 0 radical (unpaired) electrons. The first-order valence-corrected chi connectivity index (χ1v) is 7.98. The lowest BCUT2D eigenvalue weighted by molar-refractivity contribution is -0.383. The van der Waals surface area contributed by atoms with E-state index in [1.54, 1.807) is 12.1 Å². The van der Waals surface area contributed by atoms with E-state index in [4.69, 9.17) is 0 Å². The second kappa shape index (κ2) is 5.95. The summed E-state index contributed by atoms with van der Waals surface area (Å²) < 4.78 is 0.863. The molecule has 0 saturated carbocycles. The molecular weight excluding hydrogens is 288 g/mol. The molecule has 1 saturated heterocycles. The van der Waals surface area contributed by atoms with Crippen molar-refractivity contribution in [3.8, 4) is 0 Å².